The molecule has 0 amide bonds. The van der Waals surface area contributed by atoms with Crippen LogP contribution in [0.15, 0.2) is 24.3 Å². The van der Waals surface area contributed by atoms with Crippen LogP contribution >= 0.6 is 0 Å². The maximum Gasteiger partial charge on any atom is 0.0937 e. The molecule has 3 nitrogen and oxygen atoms in total. The van der Waals surface area contributed by atoms with E-state index >= 15 is 0 Å². The van der Waals surface area contributed by atoms with Crippen molar-refractivity contribution in [2.24, 2.45) is 11.3 Å². The molecule has 0 saturated heterocycles. The molecule has 3 heteroatoms. The molecule has 0 bridgehead atoms. The van der Waals surface area contributed by atoms with Crippen molar-refractivity contribution in [1.29, 1.82) is 0 Å². The van der Waals surface area contributed by atoms with Gasteiger partial charge in [-0.1, -0.05) is 20.1 Å². The summed E-state index contributed by atoms with van der Waals surface area (Å²) in [7, 11) is 0. The minimum absolute atomic E-state index is 0.0352. The Hall–Kier alpha value is -0.640. The van der Waals surface area contributed by atoms with E-state index < -0.39 is 11.7 Å². The molecule has 3 N–H and O–H groups in total. The van der Waals surface area contributed by atoms with Crippen molar-refractivity contribution in [3.8, 4) is 0 Å². The highest BCUT2D eigenvalue weighted by molar-refractivity contribution is 5.28. The zero-order chi connectivity index (χ0) is 13.6. The van der Waals surface area contributed by atoms with E-state index in [4.69, 9.17) is 0 Å². The number of hydrogen-bond donors (Lipinski definition) is 3. The third-order valence-electron chi connectivity index (χ3n) is 5.27. The summed E-state index contributed by atoms with van der Waals surface area (Å²) in [5.41, 5.74) is 0.103. The van der Waals surface area contributed by atoms with Crippen molar-refractivity contribution in [2.45, 2.75) is 50.7 Å². The molecule has 0 radical (unpaired) electrons. The normalized spacial score (nSPS) is 44.6. The topological polar surface area (TPSA) is 60.7 Å². The van der Waals surface area contributed by atoms with Gasteiger partial charge in [0.25, 0.3) is 0 Å². The van der Waals surface area contributed by atoms with Crippen molar-refractivity contribution < 1.29 is 15.3 Å². The maximum atomic E-state index is 11.0. The first kappa shape index (κ1) is 13.8. The molecule has 0 aromatic heterocycles. The van der Waals surface area contributed by atoms with E-state index in [1.807, 2.05) is 0 Å². The number of aliphatic hydroxyl groups is 3. The largest absolute Gasteiger partial charge is 0.392 e. The fourth-order valence-electron chi connectivity index (χ4n) is 3.64. The van der Waals surface area contributed by atoms with Crippen molar-refractivity contribution in [3.63, 3.8) is 0 Å². The first-order valence-corrected chi connectivity index (χ1v) is 6.72. The first-order chi connectivity index (χ1) is 8.34. The molecule has 0 heterocycles. The summed E-state index contributed by atoms with van der Waals surface area (Å²) in [6.07, 6.45) is 3.26. The van der Waals surface area contributed by atoms with Crippen LogP contribution in [0, 0.1) is 11.3 Å². The van der Waals surface area contributed by atoms with Crippen LogP contribution in [0.2, 0.25) is 0 Å². The van der Waals surface area contributed by atoms with Crippen LogP contribution in [-0.4, -0.2) is 33.6 Å². The smallest absolute Gasteiger partial charge is 0.0937 e. The molecule has 2 saturated carbocycles. The summed E-state index contributed by atoms with van der Waals surface area (Å²) >= 11 is 0. The molecule has 2 fully saturated rings. The molecule has 2 aliphatic rings. The Kier molecular flexibility index (Phi) is 3.43. The maximum absolute atomic E-state index is 11.0. The molecule has 2 aliphatic carbocycles. The molecule has 18 heavy (non-hydrogen) atoms. The Morgan fingerprint density at radius 3 is 2.61 bits per heavy atom. The van der Waals surface area contributed by atoms with Gasteiger partial charge >= 0.3 is 0 Å². The molecular formula is C15H24O3. The highest BCUT2D eigenvalue weighted by atomic mass is 16.3. The van der Waals surface area contributed by atoms with Gasteiger partial charge in [0, 0.05) is 5.41 Å². The SMILES string of the molecule is C=C(CO)[C@@H]1CC[C@@]2(C)CC[C@H](O)C(=C)[C@@]2(O)C1. The minimum atomic E-state index is -1.02. The summed E-state index contributed by atoms with van der Waals surface area (Å²) in [6.45, 7) is 9.85. The Bertz CT molecular complexity index is 376. The van der Waals surface area contributed by atoms with Crippen LogP contribution in [0.25, 0.3) is 0 Å². The third kappa shape index (κ3) is 1.85. The van der Waals surface area contributed by atoms with Gasteiger partial charge in [-0.2, -0.15) is 0 Å². The van der Waals surface area contributed by atoms with E-state index in [0.717, 1.165) is 24.8 Å². The highest BCUT2D eigenvalue weighted by Crippen LogP contribution is 2.56. The molecule has 0 unspecified atom stereocenters. The Morgan fingerprint density at radius 2 is 2.00 bits per heavy atom. The Labute approximate surface area is 109 Å². The lowest BCUT2D eigenvalue weighted by Gasteiger charge is -2.56. The van der Waals surface area contributed by atoms with Gasteiger partial charge in [0.2, 0.25) is 0 Å². The summed E-state index contributed by atoms with van der Waals surface area (Å²) in [5.74, 6) is 0.120. The number of rotatable bonds is 2. The van der Waals surface area contributed by atoms with Gasteiger partial charge in [-0.05, 0) is 49.2 Å². The second kappa shape index (κ2) is 4.48. The molecule has 0 spiro atoms. The number of aliphatic hydroxyl groups excluding tert-OH is 2. The predicted molar refractivity (Wildman–Crippen MR) is 71.0 cm³/mol. The molecule has 0 aromatic carbocycles. The van der Waals surface area contributed by atoms with Gasteiger partial charge in [-0.3, -0.25) is 0 Å². The lowest BCUT2D eigenvalue weighted by atomic mass is 9.53. The lowest BCUT2D eigenvalue weighted by molar-refractivity contribution is -0.125. The summed E-state index contributed by atoms with van der Waals surface area (Å²) in [6, 6.07) is 0. The average Bonchev–Trinajstić information content (AvgIpc) is 2.36. The van der Waals surface area contributed by atoms with E-state index in [0.29, 0.717) is 18.4 Å². The fourth-order valence-corrected chi connectivity index (χ4v) is 3.64. The standard InChI is InChI=1S/C15H24O3/c1-10(9-16)12-4-6-14(3)7-5-13(17)11(2)15(14,18)8-12/h12-13,16-18H,1-2,4-9H2,3H3/t12-,13+,14+,15+/m1/s1. The molecule has 4 atom stereocenters. The van der Waals surface area contributed by atoms with Crippen LogP contribution in [0.4, 0.5) is 0 Å². The Morgan fingerprint density at radius 1 is 1.39 bits per heavy atom. The first-order valence-electron chi connectivity index (χ1n) is 6.72. The highest BCUT2D eigenvalue weighted by Gasteiger charge is 2.56. The second-order valence-corrected chi connectivity index (χ2v) is 6.26. The second-order valence-electron chi connectivity index (χ2n) is 6.26. The zero-order valence-electron chi connectivity index (χ0n) is 11.2. The third-order valence-corrected chi connectivity index (χ3v) is 5.27. The van der Waals surface area contributed by atoms with Gasteiger partial charge in [-0.15, -0.1) is 0 Å². The van der Waals surface area contributed by atoms with Crippen LogP contribution < -0.4 is 0 Å². The van der Waals surface area contributed by atoms with E-state index in [2.05, 4.69) is 20.1 Å². The van der Waals surface area contributed by atoms with E-state index in [1.54, 1.807) is 0 Å². The summed E-state index contributed by atoms with van der Waals surface area (Å²) in [5, 5.41) is 30.2. The molecule has 0 aromatic rings. The van der Waals surface area contributed by atoms with Crippen LogP contribution in [0.1, 0.15) is 39.0 Å². The lowest BCUT2D eigenvalue weighted by Crippen LogP contribution is -2.57. The van der Waals surface area contributed by atoms with Crippen molar-refractivity contribution in [2.75, 3.05) is 6.61 Å². The quantitative estimate of drug-likeness (QED) is 0.657. The van der Waals surface area contributed by atoms with Gasteiger partial charge in [-0.25, -0.2) is 0 Å². The van der Waals surface area contributed by atoms with Crippen LogP contribution in [0.3, 0.4) is 0 Å². The number of hydrogen-bond acceptors (Lipinski definition) is 3. The Balaban J connectivity index is 2.29. The van der Waals surface area contributed by atoms with Gasteiger partial charge < -0.3 is 15.3 Å². The molecule has 102 valence electrons. The minimum Gasteiger partial charge on any atom is -0.392 e. The van der Waals surface area contributed by atoms with Crippen molar-refractivity contribution in [3.05, 3.63) is 24.3 Å². The summed E-state index contributed by atoms with van der Waals surface area (Å²) in [4.78, 5) is 0. The molecule has 0 aliphatic heterocycles. The van der Waals surface area contributed by atoms with Crippen LogP contribution in [-0.2, 0) is 0 Å². The van der Waals surface area contributed by atoms with E-state index in [1.165, 1.54) is 0 Å². The van der Waals surface area contributed by atoms with Gasteiger partial charge in [0.15, 0.2) is 0 Å². The monoisotopic (exact) mass is 252 g/mol. The predicted octanol–water partition coefficient (Wildman–Crippen LogP) is 1.78. The van der Waals surface area contributed by atoms with Crippen molar-refractivity contribution >= 4 is 0 Å². The zero-order valence-corrected chi connectivity index (χ0v) is 11.2. The molecular weight excluding hydrogens is 228 g/mol. The fraction of sp³-hybridized carbons (Fsp3) is 0.733. The molecule has 2 rings (SSSR count). The van der Waals surface area contributed by atoms with E-state index in [9.17, 15) is 15.3 Å². The van der Waals surface area contributed by atoms with Crippen molar-refractivity contribution in [1.82, 2.24) is 0 Å². The average molecular weight is 252 g/mol. The number of fused-ring (bicyclic) bond motifs is 1. The van der Waals surface area contributed by atoms with Gasteiger partial charge in [0.05, 0.1) is 18.3 Å². The summed E-state index contributed by atoms with van der Waals surface area (Å²) < 4.78 is 0. The van der Waals surface area contributed by atoms with Gasteiger partial charge in [0.1, 0.15) is 0 Å². The van der Waals surface area contributed by atoms with Crippen LogP contribution in [0.5, 0.6) is 0 Å². The van der Waals surface area contributed by atoms with E-state index in [-0.39, 0.29) is 17.9 Å².